The second-order valence-electron chi connectivity index (χ2n) is 3.51. The lowest BCUT2D eigenvalue weighted by Gasteiger charge is -2.11. The van der Waals surface area contributed by atoms with Crippen LogP contribution in [0.3, 0.4) is 0 Å². The number of halogens is 2. The van der Waals surface area contributed by atoms with Crippen LogP contribution in [0.4, 0.5) is 0 Å². The highest BCUT2D eigenvalue weighted by atomic mass is 79.9. The van der Waals surface area contributed by atoms with E-state index in [0.717, 1.165) is 23.1 Å². The third-order valence-corrected chi connectivity index (χ3v) is 3.17. The summed E-state index contributed by atoms with van der Waals surface area (Å²) in [6.07, 6.45) is 2.16. The van der Waals surface area contributed by atoms with Crippen molar-refractivity contribution in [3.63, 3.8) is 0 Å². The van der Waals surface area contributed by atoms with Gasteiger partial charge in [0, 0.05) is 5.54 Å². The highest BCUT2D eigenvalue weighted by Gasteiger charge is 2.40. The Kier molecular flexibility index (Phi) is 3.45. The van der Waals surface area contributed by atoms with Gasteiger partial charge in [0.05, 0.1) is 11.6 Å². The van der Waals surface area contributed by atoms with E-state index in [0.29, 0.717) is 0 Å². The van der Waals surface area contributed by atoms with Crippen LogP contribution in [0.25, 0.3) is 0 Å². The van der Waals surface area contributed by atoms with Crippen LogP contribution >= 0.6 is 28.3 Å². The molecule has 1 fully saturated rings. The fraction of sp³-hybridized carbons (Fsp3) is 0.400. The molecule has 0 aliphatic heterocycles. The maximum atomic E-state index is 6.07. The van der Waals surface area contributed by atoms with Crippen molar-refractivity contribution in [1.29, 1.82) is 0 Å². The van der Waals surface area contributed by atoms with E-state index in [2.05, 4.69) is 22.0 Å². The summed E-state index contributed by atoms with van der Waals surface area (Å²) in [5.41, 5.74) is 7.17. The molecular formula is C10H13BrClNO. The summed E-state index contributed by atoms with van der Waals surface area (Å²) in [6, 6.07) is 6.05. The van der Waals surface area contributed by atoms with E-state index < -0.39 is 0 Å². The van der Waals surface area contributed by atoms with E-state index in [4.69, 9.17) is 10.5 Å². The Morgan fingerprint density at radius 3 is 2.57 bits per heavy atom. The van der Waals surface area contributed by atoms with Gasteiger partial charge in [-0.1, -0.05) is 6.07 Å². The molecule has 2 rings (SSSR count). The lowest BCUT2D eigenvalue weighted by atomic mass is 10.1. The molecule has 0 unspecified atom stereocenters. The molecule has 1 saturated carbocycles. The van der Waals surface area contributed by atoms with Gasteiger partial charge in [-0.25, -0.2) is 0 Å². The van der Waals surface area contributed by atoms with Gasteiger partial charge in [-0.2, -0.15) is 0 Å². The molecule has 1 aliphatic carbocycles. The van der Waals surface area contributed by atoms with Gasteiger partial charge in [0.15, 0.2) is 0 Å². The summed E-state index contributed by atoms with van der Waals surface area (Å²) in [5.74, 6) is 0.856. The smallest absolute Gasteiger partial charge is 0.133 e. The highest BCUT2D eigenvalue weighted by molar-refractivity contribution is 9.10. The Hall–Kier alpha value is -0.250. The largest absolute Gasteiger partial charge is 0.496 e. The number of rotatable bonds is 2. The molecule has 4 heteroatoms. The minimum Gasteiger partial charge on any atom is -0.496 e. The van der Waals surface area contributed by atoms with Crippen molar-refractivity contribution in [2.45, 2.75) is 18.4 Å². The first-order chi connectivity index (χ1) is 6.15. The Bertz CT molecular complexity index is 339. The van der Waals surface area contributed by atoms with Crippen LogP contribution in [-0.2, 0) is 5.54 Å². The molecule has 0 radical (unpaired) electrons. The first kappa shape index (κ1) is 11.8. The Labute approximate surface area is 98.4 Å². The van der Waals surface area contributed by atoms with Crippen LogP contribution in [0.1, 0.15) is 18.4 Å². The van der Waals surface area contributed by atoms with Crippen LogP contribution in [0.2, 0.25) is 0 Å². The third-order valence-electron chi connectivity index (χ3n) is 2.51. The zero-order valence-corrected chi connectivity index (χ0v) is 10.3. The van der Waals surface area contributed by atoms with Crippen LogP contribution in [0, 0.1) is 0 Å². The summed E-state index contributed by atoms with van der Waals surface area (Å²) in [7, 11) is 1.67. The van der Waals surface area contributed by atoms with Crippen LogP contribution in [-0.4, -0.2) is 7.11 Å². The second kappa shape index (κ2) is 4.09. The molecule has 0 atom stereocenters. The number of methoxy groups -OCH3 is 1. The first-order valence-electron chi connectivity index (χ1n) is 4.29. The fourth-order valence-electron chi connectivity index (χ4n) is 1.39. The standard InChI is InChI=1S/C10H12BrNO.ClH/c1-13-9-6-7(2-3-8(9)11)10(12)4-5-10;/h2-3,6H,4-5,12H2,1H3;1H. The van der Waals surface area contributed by atoms with Crippen LogP contribution in [0.15, 0.2) is 22.7 Å². The van der Waals surface area contributed by atoms with Crippen molar-refractivity contribution in [2.75, 3.05) is 7.11 Å². The zero-order valence-electron chi connectivity index (χ0n) is 7.92. The molecule has 14 heavy (non-hydrogen) atoms. The van der Waals surface area contributed by atoms with Crippen molar-refractivity contribution < 1.29 is 4.74 Å². The number of hydrogen-bond acceptors (Lipinski definition) is 2. The van der Waals surface area contributed by atoms with Gasteiger partial charge in [-0.3, -0.25) is 0 Å². The number of nitrogens with two attached hydrogens (primary N) is 1. The zero-order chi connectivity index (χ0) is 9.47. The maximum Gasteiger partial charge on any atom is 0.133 e. The summed E-state index contributed by atoms with van der Waals surface area (Å²) in [6.45, 7) is 0. The molecule has 0 saturated heterocycles. The molecular weight excluding hydrogens is 265 g/mol. The van der Waals surface area contributed by atoms with E-state index in [9.17, 15) is 0 Å². The third kappa shape index (κ3) is 2.05. The quantitative estimate of drug-likeness (QED) is 0.903. The van der Waals surface area contributed by atoms with E-state index in [-0.39, 0.29) is 17.9 Å². The summed E-state index contributed by atoms with van der Waals surface area (Å²) in [5, 5.41) is 0. The van der Waals surface area contributed by atoms with Gasteiger partial charge >= 0.3 is 0 Å². The molecule has 0 aromatic heterocycles. The Balaban J connectivity index is 0.000000980. The van der Waals surface area contributed by atoms with Gasteiger partial charge < -0.3 is 10.5 Å². The van der Waals surface area contributed by atoms with Crippen molar-refractivity contribution in [2.24, 2.45) is 5.73 Å². The average Bonchev–Trinajstić information content (AvgIpc) is 2.86. The lowest BCUT2D eigenvalue weighted by molar-refractivity contribution is 0.411. The predicted molar refractivity (Wildman–Crippen MR) is 63.0 cm³/mol. The van der Waals surface area contributed by atoms with Crippen molar-refractivity contribution in [1.82, 2.24) is 0 Å². The first-order valence-corrected chi connectivity index (χ1v) is 5.08. The van der Waals surface area contributed by atoms with Gasteiger partial charge in [0.25, 0.3) is 0 Å². The SMILES string of the molecule is COc1cc(C2(N)CC2)ccc1Br.Cl. The fourth-order valence-corrected chi connectivity index (χ4v) is 1.80. The molecule has 0 amide bonds. The van der Waals surface area contributed by atoms with Gasteiger partial charge in [-0.15, -0.1) is 12.4 Å². The lowest BCUT2D eigenvalue weighted by Crippen LogP contribution is -2.18. The van der Waals surface area contributed by atoms with Crippen molar-refractivity contribution in [3.8, 4) is 5.75 Å². The molecule has 0 bridgehead atoms. The summed E-state index contributed by atoms with van der Waals surface area (Å²) in [4.78, 5) is 0. The Morgan fingerprint density at radius 1 is 1.43 bits per heavy atom. The normalized spacial score (nSPS) is 17.1. The number of hydrogen-bond donors (Lipinski definition) is 1. The van der Waals surface area contributed by atoms with Crippen LogP contribution < -0.4 is 10.5 Å². The topological polar surface area (TPSA) is 35.2 Å². The second-order valence-corrected chi connectivity index (χ2v) is 4.36. The molecule has 78 valence electrons. The molecule has 0 spiro atoms. The highest BCUT2D eigenvalue weighted by Crippen LogP contribution is 2.44. The van der Waals surface area contributed by atoms with E-state index in [1.807, 2.05) is 12.1 Å². The van der Waals surface area contributed by atoms with E-state index >= 15 is 0 Å². The summed E-state index contributed by atoms with van der Waals surface area (Å²) >= 11 is 3.41. The van der Waals surface area contributed by atoms with Gasteiger partial charge in [0.2, 0.25) is 0 Å². The minimum absolute atomic E-state index is 0. The van der Waals surface area contributed by atoms with E-state index in [1.165, 1.54) is 5.56 Å². The predicted octanol–water partition coefficient (Wildman–Crippen LogP) is 2.83. The van der Waals surface area contributed by atoms with Crippen molar-refractivity contribution in [3.05, 3.63) is 28.2 Å². The molecule has 1 aromatic carbocycles. The molecule has 1 aromatic rings. The summed E-state index contributed by atoms with van der Waals surface area (Å²) < 4.78 is 6.18. The average molecular weight is 279 g/mol. The van der Waals surface area contributed by atoms with Gasteiger partial charge in [-0.05, 0) is 46.5 Å². The molecule has 1 aliphatic rings. The minimum atomic E-state index is -0.0754. The number of benzene rings is 1. The Morgan fingerprint density at radius 2 is 2.07 bits per heavy atom. The van der Waals surface area contributed by atoms with Crippen molar-refractivity contribution >= 4 is 28.3 Å². The maximum absolute atomic E-state index is 6.07. The number of ether oxygens (including phenoxy) is 1. The van der Waals surface area contributed by atoms with E-state index in [1.54, 1.807) is 7.11 Å². The molecule has 2 nitrogen and oxygen atoms in total. The monoisotopic (exact) mass is 277 g/mol. The van der Waals surface area contributed by atoms with Gasteiger partial charge in [0.1, 0.15) is 5.75 Å². The van der Waals surface area contributed by atoms with Crippen LogP contribution in [0.5, 0.6) is 5.75 Å². The molecule has 0 heterocycles. The molecule has 2 N–H and O–H groups in total.